The molecule has 0 aliphatic carbocycles. The Morgan fingerprint density at radius 1 is 1.48 bits per heavy atom. The van der Waals surface area contributed by atoms with Gasteiger partial charge in [-0.2, -0.15) is 0 Å². The minimum Gasteiger partial charge on any atom is -0.376 e. The fourth-order valence-electron chi connectivity index (χ4n) is 3.26. The molecule has 2 aromatic rings. The van der Waals surface area contributed by atoms with Crippen LogP contribution in [0.1, 0.15) is 24.2 Å². The van der Waals surface area contributed by atoms with Crippen LogP contribution < -0.4 is 5.32 Å². The van der Waals surface area contributed by atoms with E-state index in [1.807, 2.05) is 24.7 Å². The Morgan fingerprint density at radius 3 is 3.00 bits per heavy atom. The average molecular weight is 367 g/mol. The van der Waals surface area contributed by atoms with E-state index in [1.165, 1.54) is 6.07 Å². The quantitative estimate of drug-likeness (QED) is 0.853. The Bertz CT molecular complexity index is 688. The number of nitrogens with one attached hydrogen (secondary N) is 1. The molecule has 25 heavy (non-hydrogen) atoms. The van der Waals surface area contributed by atoms with Crippen molar-refractivity contribution in [1.29, 1.82) is 0 Å². The lowest BCUT2D eigenvalue weighted by molar-refractivity contribution is -0.0349. The van der Waals surface area contributed by atoms with E-state index < -0.39 is 0 Å². The van der Waals surface area contributed by atoms with Crippen molar-refractivity contribution in [3.8, 4) is 0 Å². The van der Waals surface area contributed by atoms with Crippen molar-refractivity contribution >= 4 is 11.6 Å². The minimum absolute atomic E-state index is 0.124. The van der Waals surface area contributed by atoms with E-state index in [0.717, 1.165) is 18.8 Å². The molecule has 7 heteroatoms. The van der Waals surface area contributed by atoms with Crippen LogP contribution in [0.25, 0.3) is 0 Å². The zero-order valence-corrected chi connectivity index (χ0v) is 15.3. The van der Waals surface area contributed by atoms with Crippen molar-refractivity contribution in [2.24, 2.45) is 7.05 Å². The Labute approximate surface area is 152 Å². The van der Waals surface area contributed by atoms with Gasteiger partial charge in [-0.15, -0.1) is 0 Å². The largest absolute Gasteiger partial charge is 0.376 e. The maximum atomic E-state index is 14.5. The Hall–Kier alpha value is -1.47. The maximum Gasteiger partial charge on any atom is 0.129 e. The summed E-state index contributed by atoms with van der Waals surface area (Å²) in [6.07, 6.45) is 3.72. The lowest BCUT2D eigenvalue weighted by Gasteiger charge is -2.38. The molecule has 3 rings (SSSR count). The van der Waals surface area contributed by atoms with Crippen LogP contribution in [0.4, 0.5) is 4.39 Å². The van der Waals surface area contributed by atoms with Crippen molar-refractivity contribution in [1.82, 2.24) is 19.8 Å². The number of aryl methyl sites for hydroxylation is 1. The molecule has 2 heterocycles. The van der Waals surface area contributed by atoms with E-state index in [1.54, 1.807) is 18.5 Å². The van der Waals surface area contributed by atoms with Gasteiger partial charge in [0.2, 0.25) is 0 Å². The van der Waals surface area contributed by atoms with Gasteiger partial charge in [0.1, 0.15) is 5.82 Å². The third-order valence-corrected chi connectivity index (χ3v) is 4.94. The molecule has 1 aromatic carbocycles. The van der Waals surface area contributed by atoms with Crippen molar-refractivity contribution < 1.29 is 9.13 Å². The van der Waals surface area contributed by atoms with Crippen LogP contribution in [-0.4, -0.2) is 46.8 Å². The molecule has 0 saturated carbocycles. The molecule has 1 aromatic heterocycles. The van der Waals surface area contributed by atoms with Crippen LogP contribution in [0.2, 0.25) is 5.02 Å². The summed E-state index contributed by atoms with van der Waals surface area (Å²) in [4.78, 5) is 6.37. The van der Waals surface area contributed by atoms with E-state index in [2.05, 4.69) is 15.2 Å². The topological polar surface area (TPSA) is 42.3 Å². The van der Waals surface area contributed by atoms with Gasteiger partial charge in [0, 0.05) is 50.0 Å². The molecular weight excluding hydrogens is 343 g/mol. The van der Waals surface area contributed by atoms with Gasteiger partial charge in [-0.3, -0.25) is 4.90 Å². The Kier molecular flexibility index (Phi) is 6.06. The summed E-state index contributed by atoms with van der Waals surface area (Å²) in [5.74, 6) is -0.265. The average Bonchev–Trinajstić information content (AvgIpc) is 2.98. The number of hydrogen-bond donors (Lipinski definition) is 1. The molecule has 136 valence electrons. The molecule has 1 fully saturated rings. The number of halogens is 2. The summed E-state index contributed by atoms with van der Waals surface area (Å²) in [6.45, 7) is 5.45. The zero-order valence-electron chi connectivity index (χ0n) is 14.6. The number of benzene rings is 1. The minimum atomic E-state index is -0.265. The summed E-state index contributed by atoms with van der Waals surface area (Å²) < 4.78 is 22.1. The van der Waals surface area contributed by atoms with E-state index in [9.17, 15) is 4.39 Å². The molecule has 2 unspecified atom stereocenters. The SMILES string of the molecule is CC1CN(C(CNCc2cncn2C)c2c(F)cccc2Cl)CCO1. The third kappa shape index (κ3) is 4.39. The number of morpholine rings is 1. The lowest BCUT2D eigenvalue weighted by atomic mass is 10.0. The predicted molar refractivity (Wildman–Crippen MR) is 96.1 cm³/mol. The number of ether oxygens (including phenoxy) is 1. The highest BCUT2D eigenvalue weighted by Gasteiger charge is 2.28. The number of hydrogen-bond acceptors (Lipinski definition) is 4. The second-order valence-corrected chi connectivity index (χ2v) is 6.86. The normalized spacial score (nSPS) is 19.9. The van der Waals surface area contributed by atoms with Gasteiger partial charge in [-0.05, 0) is 19.1 Å². The van der Waals surface area contributed by atoms with Crippen molar-refractivity contribution in [2.75, 3.05) is 26.2 Å². The van der Waals surface area contributed by atoms with Crippen LogP contribution in [-0.2, 0) is 18.3 Å². The van der Waals surface area contributed by atoms with Gasteiger partial charge >= 0.3 is 0 Å². The van der Waals surface area contributed by atoms with Gasteiger partial charge in [-0.25, -0.2) is 9.37 Å². The zero-order chi connectivity index (χ0) is 17.8. The number of aromatic nitrogens is 2. The summed E-state index contributed by atoms with van der Waals surface area (Å²) in [5.41, 5.74) is 1.63. The molecule has 1 saturated heterocycles. The van der Waals surface area contributed by atoms with Gasteiger partial charge in [0.15, 0.2) is 0 Å². The molecule has 0 amide bonds. The number of rotatable bonds is 6. The van der Waals surface area contributed by atoms with Gasteiger partial charge in [-0.1, -0.05) is 17.7 Å². The van der Waals surface area contributed by atoms with E-state index >= 15 is 0 Å². The van der Waals surface area contributed by atoms with E-state index in [0.29, 0.717) is 30.3 Å². The summed E-state index contributed by atoms with van der Waals surface area (Å²) in [6, 6.07) is 4.72. The number of nitrogens with zero attached hydrogens (tertiary/aromatic N) is 3. The van der Waals surface area contributed by atoms with Crippen LogP contribution >= 0.6 is 11.6 Å². The first-order chi connectivity index (χ1) is 12.1. The summed E-state index contributed by atoms with van der Waals surface area (Å²) in [7, 11) is 1.96. The first kappa shape index (κ1) is 18.3. The van der Waals surface area contributed by atoms with Crippen LogP contribution in [0, 0.1) is 5.82 Å². The molecule has 0 spiro atoms. The molecule has 1 aliphatic heterocycles. The van der Waals surface area contributed by atoms with Crippen molar-refractivity contribution in [3.63, 3.8) is 0 Å². The summed E-state index contributed by atoms with van der Waals surface area (Å²) >= 11 is 6.34. The molecule has 0 bridgehead atoms. The fraction of sp³-hybridized carbons (Fsp3) is 0.500. The second kappa shape index (κ2) is 8.27. The fourth-order valence-corrected chi connectivity index (χ4v) is 3.55. The molecule has 1 aliphatic rings. The highest BCUT2D eigenvalue weighted by Crippen LogP contribution is 2.31. The molecular formula is C18H24ClFN4O. The second-order valence-electron chi connectivity index (χ2n) is 6.45. The molecule has 1 N–H and O–H groups in total. The lowest BCUT2D eigenvalue weighted by Crippen LogP contribution is -2.46. The molecule has 5 nitrogen and oxygen atoms in total. The number of imidazole rings is 1. The highest BCUT2D eigenvalue weighted by atomic mass is 35.5. The van der Waals surface area contributed by atoms with Gasteiger partial charge in [0.25, 0.3) is 0 Å². The third-order valence-electron chi connectivity index (χ3n) is 4.61. The highest BCUT2D eigenvalue weighted by molar-refractivity contribution is 6.31. The smallest absolute Gasteiger partial charge is 0.129 e. The Morgan fingerprint density at radius 2 is 2.32 bits per heavy atom. The van der Waals surface area contributed by atoms with Crippen molar-refractivity contribution in [2.45, 2.75) is 25.6 Å². The molecule has 2 atom stereocenters. The van der Waals surface area contributed by atoms with Crippen LogP contribution in [0.3, 0.4) is 0 Å². The van der Waals surface area contributed by atoms with E-state index in [-0.39, 0.29) is 18.0 Å². The van der Waals surface area contributed by atoms with Crippen LogP contribution in [0.5, 0.6) is 0 Å². The summed E-state index contributed by atoms with van der Waals surface area (Å²) in [5, 5.41) is 3.89. The first-order valence-electron chi connectivity index (χ1n) is 8.51. The first-order valence-corrected chi connectivity index (χ1v) is 8.89. The van der Waals surface area contributed by atoms with Gasteiger partial charge < -0.3 is 14.6 Å². The van der Waals surface area contributed by atoms with E-state index in [4.69, 9.17) is 16.3 Å². The Balaban J connectivity index is 1.78. The van der Waals surface area contributed by atoms with Gasteiger partial charge in [0.05, 0.1) is 30.8 Å². The standard InChI is InChI=1S/C18H24ClFN4O/c1-13-11-24(6-7-25-13)17(18-15(19)4-3-5-16(18)20)10-21-8-14-9-22-12-23(14)2/h3-5,9,12-13,17,21H,6-8,10-11H2,1-2H3. The predicted octanol–water partition coefficient (Wildman–Crippen LogP) is 2.76. The van der Waals surface area contributed by atoms with Crippen molar-refractivity contribution in [3.05, 3.63) is 52.8 Å². The monoisotopic (exact) mass is 366 g/mol. The maximum absolute atomic E-state index is 14.5. The molecule has 0 radical (unpaired) electrons. The van der Waals surface area contributed by atoms with Crippen LogP contribution in [0.15, 0.2) is 30.7 Å².